The predicted octanol–water partition coefficient (Wildman–Crippen LogP) is 2.55. The SMILES string of the molecule is COc1ccccc1CC(C)CC(=O)NC1CCCNC1.Cl. The van der Waals surface area contributed by atoms with Gasteiger partial charge < -0.3 is 15.4 Å². The number of halogens is 1. The van der Waals surface area contributed by atoms with Gasteiger partial charge in [0.1, 0.15) is 5.75 Å². The molecular weight excluding hydrogens is 300 g/mol. The van der Waals surface area contributed by atoms with Crippen LogP contribution in [0.25, 0.3) is 0 Å². The Bertz CT molecular complexity index is 462. The lowest BCUT2D eigenvalue weighted by atomic mass is 9.96. The van der Waals surface area contributed by atoms with Gasteiger partial charge >= 0.3 is 0 Å². The molecular formula is C17H27ClN2O2. The molecule has 2 atom stereocenters. The normalized spacial score (nSPS) is 18.9. The van der Waals surface area contributed by atoms with Crippen LogP contribution in [0.15, 0.2) is 24.3 Å². The summed E-state index contributed by atoms with van der Waals surface area (Å²) < 4.78 is 5.36. The Kier molecular flexibility index (Phi) is 8.28. The van der Waals surface area contributed by atoms with Gasteiger partial charge in [-0.25, -0.2) is 0 Å². The minimum absolute atomic E-state index is 0. The fraction of sp³-hybridized carbons (Fsp3) is 0.588. The van der Waals surface area contributed by atoms with Crippen molar-refractivity contribution in [1.29, 1.82) is 0 Å². The van der Waals surface area contributed by atoms with E-state index in [2.05, 4.69) is 23.6 Å². The Hall–Kier alpha value is -1.26. The number of carbonyl (C=O) groups excluding carboxylic acids is 1. The summed E-state index contributed by atoms with van der Waals surface area (Å²) in [5, 5.41) is 6.45. The number of hydrogen-bond acceptors (Lipinski definition) is 3. The van der Waals surface area contributed by atoms with Gasteiger partial charge in [-0.1, -0.05) is 25.1 Å². The van der Waals surface area contributed by atoms with Crippen molar-refractivity contribution in [3.63, 3.8) is 0 Å². The number of amides is 1. The van der Waals surface area contributed by atoms with Crippen molar-refractivity contribution >= 4 is 18.3 Å². The van der Waals surface area contributed by atoms with Gasteiger partial charge in [0.15, 0.2) is 0 Å². The number of para-hydroxylation sites is 1. The third-order valence-corrected chi connectivity index (χ3v) is 3.96. The van der Waals surface area contributed by atoms with Crippen molar-refractivity contribution < 1.29 is 9.53 Å². The summed E-state index contributed by atoms with van der Waals surface area (Å²) in [7, 11) is 1.69. The van der Waals surface area contributed by atoms with Crippen LogP contribution in [0, 0.1) is 5.92 Å². The number of rotatable bonds is 6. The number of hydrogen-bond donors (Lipinski definition) is 2. The molecule has 1 heterocycles. The van der Waals surface area contributed by atoms with Crippen LogP contribution < -0.4 is 15.4 Å². The molecule has 1 fully saturated rings. The smallest absolute Gasteiger partial charge is 0.220 e. The van der Waals surface area contributed by atoms with Gasteiger partial charge in [0.05, 0.1) is 7.11 Å². The van der Waals surface area contributed by atoms with Crippen LogP contribution >= 0.6 is 12.4 Å². The van der Waals surface area contributed by atoms with E-state index < -0.39 is 0 Å². The second-order valence-corrected chi connectivity index (χ2v) is 5.94. The van der Waals surface area contributed by atoms with Crippen LogP contribution in [-0.4, -0.2) is 32.1 Å². The Morgan fingerprint density at radius 1 is 1.45 bits per heavy atom. The maximum absolute atomic E-state index is 12.1. The molecule has 124 valence electrons. The van der Waals surface area contributed by atoms with E-state index in [1.54, 1.807) is 7.11 Å². The molecule has 0 aromatic heterocycles. The van der Waals surface area contributed by atoms with Gasteiger partial charge in [0.2, 0.25) is 5.91 Å². The summed E-state index contributed by atoms with van der Waals surface area (Å²) in [6.45, 7) is 4.08. The largest absolute Gasteiger partial charge is 0.496 e. The van der Waals surface area contributed by atoms with E-state index in [-0.39, 0.29) is 18.3 Å². The quantitative estimate of drug-likeness (QED) is 0.844. The minimum Gasteiger partial charge on any atom is -0.496 e. The van der Waals surface area contributed by atoms with Gasteiger partial charge in [-0.15, -0.1) is 12.4 Å². The van der Waals surface area contributed by atoms with Crippen LogP contribution in [0.2, 0.25) is 0 Å². The van der Waals surface area contributed by atoms with E-state index in [9.17, 15) is 4.79 Å². The number of methoxy groups -OCH3 is 1. The average molecular weight is 327 g/mol. The molecule has 1 saturated heterocycles. The highest BCUT2D eigenvalue weighted by Gasteiger charge is 2.17. The van der Waals surface area contributed by atoms with Crippen LogP contribution in [0.4, 0.5) is 0 Å². The number of carbonyl (C=O) groups is 1. The lowest BCUT2D eigenvalue weighted by molar-refractivity contribution is -0.122. The van der Waals surface area contributed by atoms with E-state index in [1.807, 2.05) is 18.2 Å². The summed E-state index contributed by atoms with van der Waals surface area (Å²) in [6, 6.07) is 8.31. The Morgan fingerprint density at radius 3 is 2.91 bits per heavy atom. The summed E-state index contributed by atoms with van der Waals surface area (Å²) >= 11 is 0. The lowest BCUT2D eigenvalue weighted by Gasteiger charge is -2.24. The number of benzene rings is 1. The van der Waals surface area contributed by atoms with Crippen molar-refractivity contribution in [2.75, 3.05) is 20.2 Å². The fourth-order valence-corrected chi connectivity index (χ4v) is 2.90. The molecule has 1 amide bonds. The first-order valence-electron chi connectivity index (χ1n) is 7.81. The molecule has 0 saturated carbocycles. The topological polar surface area (TPSA) is 50.4 Å². The fourth-order valence-electron chi connectivity index (χ4n) is 2.90. The molecule has 0 bridgehead atoms. The summed E-state index contributed by atoms with van der Waals surface area (Å²) in [5.41, 5.74) is 1.17. The number of ether oxygens (including phenoxy) is 1. The van der Waals surface area contributed by atoms with Crippen molar-refractivity contribution in [2.45, 2.75) is 38.6 Å². The highest BCUT2D eigenvalue weighted by atomic mass is 35.5. The van der Waals surface area contributed by atoms with Gasteiger partial charge in [-0.05, 0) is 43.4 Å². The summed E-state index contributed by atoms with van der Waals surface area (Å²) in [4.78, 5) is 12.1. The van der Waals surface area contributed by atoms with E-state index >= 15 is 0 Å². The van der Waals surface area contributed by atoms with Gasteiger partial charge in [-0.2, -0.15) is 0 Å². The van der Waals surface area contributed by atoms with Crippen LogP contribution in [0.1, 0.15) is 31.7 Å². The summed E-state index contributed by atoms with van der Waals surface area (Å²) in [5.74, 6) is 1.37. The highest BCUT2D eigenvalue weighted by molar-refractivity contribution is 5.85. The van der Waals surface area contributed by atoms with Crippen molar-refractivity contribution in [2.24, 2.45) is 5.92 Å². The molecule has 22 heavy (non-hydrogen) atoms. The molecule has 4 nitrogen and oxygen atoms in total. The first kappa shape index (κ1) is 18.8. The van der Waals surface area contributed by atoms with Crippen LogP contribution in [0.5, 0.6) is 5.75 Å². The van der Waals surface area contributed by atoms with Crippen molar-refractivity contribution in [3.8, 4) is 5.75 Å². The monoisotopic (exact) mass is 326 g/mol. The van der Waals surface area contributed by atoms with Crippen LogP contribution in [0.3, 0.4) is 0 Å². The summed E-state index contributed by atoms with van der Waals surface area (Å²) in [6.07, 6.45) is 3.65. The first-order valence-corrected chi connectivity index (χ1v) is 7.81. The van der Waals surface area contributed by atoms with E-state index in [0.717, 1.165) is 38.1 Å². The maximum Gasteiger partial charge on any atom is 0.220 e. The van der Waals surface area contributed by atoms with E-state index in [4.69, 9.17) is 4.74 Å². The molecule has 0 radical (unpaired) electrons. The van der Waals surface area contributed by atoms with E-state index in [1.165, 1.54) is 5.56 Å². The second kappa shape index (κ2) is 9.70. The molecule has 1 aliphatic heterocycles. The molecule has 1 aromatic carbocycles. The van der Waals surface area contributed by atoms with Gasteiger partial charge in [-0.3, -0.25) is 4.79 Å². The minimum atomic E-state index is 0. The predicted molar refractivity (Wildman–Crippen MR) is 91.8 cm³/mol. The number of nitrogens with one attached hydrogen (secondary N) is 2. The lowest BCUT2D eigenvalue weighted by Crippen LogP contribution is -2.45. The van der Waals surface area contributed by atoms with Crippen LogP contribution in [-0.2, 0) is 11.2 Å². The molecule has 5 heteroatoms. The molecule has 0 aliphatic carbocycles. The molecule has 2 rings (SSSR count). The van der Waals surface area contributed by atoms with Gasteiger partial charge in [0.25, 0.3) is 0 Å². The molecule has 2 N–H and O–H groups in total. The zero-order chi connectivity index (χ0) is 15.1. The van der Waals surface area contributed by atoms with Crippen molar-refractivity contribution in [3.05, 3.63) is 29.8 Å². The molecule has 1 aliphatic rings. The molecule has 1 aromatic rings. The Labute approximate surface area is 139 Å². The Morgan fingerprint density at radius 2 is 2.23 bits per heavy atom. The second-order valence-electron chi connectivity index (χ2n) is 5.94. The van der Waals surface area contributed by atoms with Crippen molar-refractivity contribution in [1.82, 2.24) is 10.6 Å². The molecule has 2 unspecified atom stereocenters. The third-order valence-electron chi connectivity index (χ3n) is 3.96. The molecule has 0 spiro atoms. The third kappa shape index (κ3) is 5.85. The highest BCUT2D eigenvalue weighted by Crippen LogP contribution is 2.22. The zero-order valence-corrected chi connectivity index (χ0v) is 14.2. The number of piperidine rings is 1. The first-order chi connectivity index (χ1) is 10.2. The Balaban J connectivity index is 0.00000242. The van der Waals surface area contributed by atoms with Gasteiger partial charge in [0, 0.05) is 19.0 Å². The maximum atomic E-state index is 12.1. The van der Waals surface area contributed by atoms with E-state index in [0.29, 0.717) is 18.4 Å². The standard InChI is InChI=1S/C17H26N2O2.ClH/c1-13(10-14-6-3-4-8-16(14)21-2)11-17(20)19-15-7-5-9-18-12-15;/h3-4,6,8,13,15,18H,5,7,9-12H2,1-2H3,(H,19,20);1H. The average Bonchev–Trinajstić information content (AvgIpc) is 2.48. The zero-order valence-electron chi connectivity index (χ0n) is 13.4.